The minimum atomic E-state index is 0.687. The Kier molecular flexibility index (Phi) is 4.51. The summed E-state index contributed by atoms with van der Waals surface area (Å²) in [4.78, 5) is 9.74. The fraction of sp³-hybridized carbons (Fsp3) is 0.0435. The Morgan fingerprint density at radius 3 is 1.81 bits per heavy atom. The minimum Gasteiger partial charge on any atom is -0.228 e. The largest absolute Gasteiger partial charge is 0.228 e. The van der Waals surface area contributed by atoms with E-state index in [1.807, 2.05) is 72.8 Å². The third-order valence-corrected chi connectivity index (χ3v) is 4.68. The molecule has 3 heteroatoms. The van der Waals surface area contributed by atoms with Crippen LogP contribution in [0.2, 0.25) is 5.02 Å². The Hall–Kier alpha value is -2.97. The second-order valence-corrected chi connectivity index (χ2v) is 6.49. The van der Waals surface area contributed by atoms with Gasteiger partial charge >= 0.3 is 0 Å². The lowest BCUT2D eigenvalue weighted by molar-refractivity contribution is 1.15. The molecule has 26 heavy (non-hydrogen) atoms. The third kappa shape index (κ3) is 3.12. The fourth-order valence-electron chi connectivity index (χ4n) is 3.03. The van der Waals surface area contributed by atoms with E-state index >= 15 is 0 Å². The van der Waals surface area contributed by atoms with Crippen LogP contribution in [0, 0.1) is 6.92 Å². The van der Waals surface area contributed by atoms with Gasteiger partial charge in [-0.15, -0.1) is 0 Å². The van der Waals surface area contributed by atoms with Gasteiger partial charge in [-0.2, -0.15) is 0 Å². The molecular weight excluding hydrogens is 340 g/mol. The molecule has 2 nitrogen and oxygen atoms in total. The van der Waals surface area contributed by atoms with Crippen LogP contribution in [-0.4, -0.2) is 9.97 Å². The first kappa shape index (κ1) is 16.5. The molecule has 0 saturated carbocycles. The predicted molar refractivity (Wildman–Crippen MR) is 108 cm³/mol. The molecule has 0 aliphatic rings. The molecule has 0 saturated heterocycles. The smallest absolute Gasteiger partial charge is 0.160 e. The van der Waals surface area contributed by atoms with Gasteiger partial charge in [0.05, 0.1) is 11.4 Å². The molecule has 0 N–H and O–H groups in total. The van der Waals surface area contributed by atoms with Gasteiger partial charge in [-0.3, -0.25) is 0 Å². The quantitative estimate of drug-likeness (QED) is 0.422. The highest BCUT2D eigenvalue weighted by atomic mass is 35.5. The summed E-state index contributed by atoms with van der Waals surface area (Å²) in [6, 6.07) is 28.0. The third-order valence-electron chi connectivity index (χ3n) is 4.35. The first-order valence-corrected chi connectivity index (χ1v) is 8.86. The van der Waals surface area contributed by atoms with Gasteiger partial charge in [0.15, 0.2) is 5.82 Å². The van der Waals surface area contributed by atoms with E-state index in [0.717, 1.165) is 33.6 Å². The van der Waals surface area contributed by atoms with Crippen LogP contribution in [0.3, 0.4) is 0 Å². The average molecular weight is 357 g/mol. The van der Waals surface area contributed by atoms with Gasteiger partial charge in [-0.05, 0) is 13.0 Å². The van der Waals surface area contributed by atoms with Crippen LogP contribution in [0.25, 0.3) is 33.9 Å². The zero-order valence-electron chi connectivity index (χ0n) is 14.4. The van der Waals surface area contributed by atoms with Crippen molar-refractivity contribution in [3.63, 3.8) is 0 Å². The van der Waals surface area contributed by atoms with Crippen LogP contribution in [0.4, 0.5) is 0 Å². The molecule has 0 unspecified atom stereocenters. The Bertz CT molecular complexity index is 1040. The van der Waals surface area contributed by atoms with Gasteiger partial charge < -0.3 is 0 Å². The number of rotatable bonds is 3. The summed E-state index contributed by atoms with van der Waals surface area (Å²) < 4.78 is 0. The topological polar surface area (TPSA) is 25.8 Å². The van der Waals surface area contributed by atoms with E-state index in [0.29, 0.717) is 10.8 Å². The molecule has 1 aromatic heterocycles. The van der Waals surface area contributed by atoms with E-state index in [4.69, 9.17) is 21.6 Å². The molecule has 0 amide bonds. The second kappa shape index (κ2) is 7.11. The zero-order chi connectivity index (χ0) is 17.9. The number of nitrogens with zero attached hydrogens (tertiary/aromatic N) is 2. The van der Waals surface area contributed by atoms with Crippen LogP contribution >= 0.6 is 11.6 Å². The number of hydrogen-bond acceptors (Lipinski definition) is 2. The lowest BCUT2D eigenvalue weighted by atomic mass is 10.0. The van der Waals surface area contributed by atoms with Crippen molar-refractivity contribution >= 4 is 11.6 Å². The van der Waals surface area contributed by atoms with Gasteiger partial charge in [0.1, 0.15) is 0 Å². The molecule has 1 heterocycles. The number of halogens is 1. The summed E-state index contributed by atoms with van der Waals surface area (Å²) in [5, 5.41) is 0.687. The Morgan fingerprint density at radius 2 is 1.15 bits per heavy atom. The number of hydrogen-bond donors (Lipinski definition) is 0. The lowest BCUT2D eigenvalue weighted by Gasteiger charge is -2.14. The van der Waals surface area contributed by atoms with Crippen molar-refractivity contribution < 1.29 is 0 Å². The van der Waals surface area contributed by atoms with Gasteiger partial charge in [0.25, 0.3) is 0 Å². The summed E-state index contributed by atoms with van der Waals surface area (Å²) in [7, 11) is 0. The van der Waals surface area contributed by atoms with Crippen molar-refractivity contribution in [2.24, 2.45) is 0 Å². The molecule has 0 fully saturated rings. The van der Waals surface area contributed by atoms with Crippen LogP contribution in [0.5, 0.6) is 0 Å². The van der Waals surface area contributed by atoms with E-state index < -0.39 is 0 Å². The molecule has 4 rings (SSSR count). The molecular formula is C23H17ClN2. The fourth-order valence-corrected chi connectivity index (χ4v) is 3.25. The van der Waals surface area contributed by atoms with Crippen LogP contribution in [0.1, 0.15) is 5.56 Å². The highest BCUT2D eigenvalue weighted by Gasteiger charge is 2.16. The van der Waals surface area contributed by atoms with Crippen molar-refractivity contribution in [2.45, 2.75) is 6.92 Å². The second-order valence-electron chi connectivity index (χ2n) is 6.08. The maximum atomic E-state index is 6.47. The van der Waals surface area contributed by atoms with E-state index in [2.05, 4.69) is 19.1 Å². The van der Waals surface area contributed by atoms with Crippen LogP contribution < -0.4 is 0 Å². The molecule has 0 aliphatic heterocycles. The average Bonchev–Trinajstić information content (AvgIpc) is 2.70. The summed E-state index contributed by atoms with van der Waals surface area (Å²) in [5.41, 5.74) is 5.78. The normalized spacial score (nSPS) is 10.7. The van der Waals surface area contributed by atoms with E-state index in [9.17, 15) is 0 Å². The SMILES string of the molecule is Cc1c(-c2ccccc2)nc(-c2ccccc2)nc1-c1ccccc1Cl. The van der Waals surface area contributed by atoms with Crippen molar-refractivity contribution in [3.05, 3.63) is 95.5 Å². The van der Waals surface area contributed by atoms with Gasteiger partial charge in [0, 0.05) is 27.3 Å². The van der Waals surface area contributed by atoms with Crippen molar-refractivity contribution in [2.75, 3.05) is 0 Å². The van der Waals surface area contributed by atoms with Gasteiger partial charge in [0.2, 0.25) is 0 Å². The first-order valence-electron chi connectivity index (χ1n) is 8.48. The summed E-state index contributed by atoms with van der Waals surface area (Å²) in [5.74, 6) is 0.699. The van der Waals surface area contributed by atoms with E-state index in [-0.39, 0.29) is 0 Å². The minimum absolute atomic E-state index is 0.687. The number of aromatic nitrogens is 2. The molecule has 4 aromatic rings. The maximum Gasteiger partial charge on any atom is 0.160 e. The van der Waals surface area contributed by atoms with Gasteiger partial charge in [-0.1, -0.05) is 90.5 Å². The Labute approximate surface area is 158 Å². The molecule has 0 aliphatic carbocycles. The molecule has 0 spiro atoms. The highest BCUT2D eigenvalue weighted by Crippen LogP contribution is 2.34. The van der Waals surface area contributed by atoms with Crippen molar-refractivity contribution in [1.29, 1.82) is 0 Å². The molecule has 3 aromatic carbocycles. The molecule has 0 bridgehead atoms. The number of benzene rings is 3. The Balaban J connectivity index is 2.01. The first-order chi connectivity index (χ1) is 12.7. The molecule has 126 valence electrons. The van der Waals surface area contributed by atoms with Crippen LogP contribution in [0.15, 0.2) is 84.9 Å². The van der Waals surface area contributed by atoms with Gasteiger partial charge in [-0.25, -0.2) is 9.97 Å². The summed E-state index contributed by atoms with van der Waals surface area (Å²) in [6.45, 7) is 2.05. The zero-order valence-corrected chi connectivity index (χ0v) is 15.1. The van der Waals surface area contributed by atoms with Crippen LogP contribution in [-0.2, 0) is 0 Å². The van der Waals surface area contributed by atoms with Crippen molar-refractivity contribution in [1.82, 2.24) is 9.97 Å². The summed E-state index contributed by atoms with van der Waals surface area (Å²) in [6.07, 6.45) is 0. The summed E-state index contributed by atoms with van der Waals surface area (Å²) >= 11 is 6.47. The molecule has 0 atom stereocenters. The lowest BCUT2D eigenvalue weighted by Crippen LogP contribution is -2.00. The molecule has 0 radical (unpaired) electrons. The monoisotopic (exact) mass is 356 g/mol. The predicted octanol–water partition coefficient (Wildman–Crippen LogP) is 6.44. The van der Waals surface area contributed by atoms with E-state index in [1.165, 1.54) is 0 Å². The van der Waals surface area contributed by atoms with E-state index in [1.54, 1.807) is 0 Å². The van der Waals surface area contributed by atoms with Crippen molar-refractivity contribution in [3.8, 4) is 33.9 Å². The maximum absolute atomic E-state index is 6.47. The standard InChI is InChI=1S/C23H17ClN2/c1-16-21(17-10-4-2-5-11-17)25-23(18-12-6-3-7-13-18)26-22(16)19-14-8-9-15-20(19)24/h2-15H,1H3. The Morgan fingerprint density at radius 1 is 0.615 bits per heavy atom. The highest BCUT2D eigenvalue weighted by molar-refractivity contribution is 6.33.